The summed E-state index contributed by atoms with van der Waals surface area (Å²) in [6.07, 6.45) is 1.84. The Balaban J connectivity index is 1.75. The topological polar surface area (TPSA) is 79.2 Å². The van der Waals surface area contributed by atoms with E-state index in [9.17, 15) is 14.7 Å². The summed E-state index contributed by atoms with van der Waals surface area (Å²) in [6.45, 7) is 2.44. The molecule has 1 heterocycles. The number of carbonyl (C=O) groups excluding carboxylic acids is 1. The fraction of sp³-hybridized carbons (Fsp3) is 0.125. The van der Waals surface area contributed by atoms with E-state index in [1.54, 1.807) is 19.2 Å². The third kappa shape index (κ3) is 4.18. The van der Waals surface area contributed by atoms with Crippen molar-refractivity contribution in [3.63, 3.8) is 0 Å². The second kappa shape index (κ2) is 8.65. The molecule has 4 rings (SSSR count). The zero-order valence-corrected chi connectivity index (χ0v) is 17.8. The first kappa shape index (κ1) is 20.7. The van der Waals surface area contributed by atoms with Gasteiger partial charge in [-0.25, -0.2) is 9.79 Å². The Bertz CT molecular complexity index is 1250. The third-order valence-corrected chi connectivity index (χ3v) is 5.89. The van der Waals surface area contributed by atoms with Crippen LogP contribution in [-0.2, 0) is 4.79 Å². The first-order valence-corrected chi connectivity index (χ1v) is 10.5. The maximum atomic E-state index is 12.9. The SMILES string of the molecule is CCOc1ccc2ccccc2c1/C=C1\SC(=Nc2cccc(C(=O)O)c2)N(C)C1=O. The highest BCUT2D eigenvalue weighted by Gasteiger charge is 2.31. The van der Waals surface area contributed by atoms with E-state index >= 15 is 0 Å². The molecule has 31 heavy (non-hydrogen) atoms. The number of fused-ring (bicyclic) bond motifs is 1. The summed E-state index contributed by atoms with van der Waals surface area (Å²) in [5.74, 6) is -0.483. The van der Waals surface area contributed by atoms with Crippen molar-refractivity contribution < 1.29 is 19.4 Å². The van der Waals surface area contributed by atoms with Crippen LogP contribution < -0.4 is 4.74 Å². The van der Waals surface area contributed by atoms with Gasteiger partial charge in [0.25, 0.3) is 5.91 Å². The van der Waals surface area contributed by atoms with E-state index in [4.69, 9.17) is 4.74 Å². The van der Waals surface area contributed by atoms with Crippen LogP contribution in [0.3, 0.4) is 0 Å². The molecule has 0 radical (unpaired) electrons. The van der Waals surface area contributed by atoms with E-state index in [1.807, 2.05) is 49.4 Å². The Morgan fingerprint density at radius 3 is 2.74 bits per heavy atom. The minimum Gasteiger partial charge on any atom is -0.493 e. The highest BCUT2D eigenvalue weighted by molar-refractivity contribution is 8.18. The first-order chi connectivity index (χ1) is 15.0. The minimum absolute atomic E-state index is 0.145. The Kier molecular flexibility index (Phi) is 5.77. The lowest BCUT2D eigenvalue weighted by Gasteiger charge is -2.11. The second-order valence-electron chi connectivity index (χ2n) is 6.86. The fourth-order valence-corrected chi connectivity index (χ4v) is 4.28. The average Bonchev–Trinajstić information content (AvgIpc) is 3.03. The summed E-state index contributed by atoms with van der Waals surface area (Å²) < 4.78 is 5.81. The summed E-state index contributed by atoms with van der Waals surface area (Å²) in [6, 6.07) is 18.2. The lowest BCUT2D eigenvalue weighted by atomic mass is 10.0. The van der Waals surface area contributed by atoms with Gasteiger partial charge in [-0.15, -0.1) is 0 Å². The molecule has 0 saturated carbocycles. The molecule has 1 amide bonds. The van der Waals surface area contributed by atoms with Crippen LogP contribution >= 0.6 is 11.8 Å². The van der Waals surface area contributed by atoms with Crippen LogP contribution in [0, 0.1) is 0 Å². The van der Waals surface area contributed by atoms with E-state index in [1.165, 1.54) is 28.8 Å². The molecule has 1 aliphatic heterocycles. The van der Waals surface area contributed by atoms with Gasteiger partial charge in [-0.2, -0.15) is 0 Å². The number of benzene rings is 3. The highest BCUT2D eigenvalue weighted by atomic mass is 32.2. The molecule has 3 aromatic rings. The Morgan fingerprint density at radius 1 is 1.16 bits per heavy atom. The van der Waals surface area contributed by atoms with Crippen molar-refractivity contribution in [2.45, 2.75) is 6.92 Å². The van der Waals surface area contributed by atoms with Gasteiger partial charge in [0.1, 0.15) is 5.75 Å². The predicted molar refractivity (Wildman–Crippen MR) is 124 cm³/mol. The van der Waals surface area contributed by atoms with Crippen molar-refractivity contribution in [1.29, 1.82) is 0 Å². The number of thioether (sulfide) groups is 1. The Labute approximate surface area is 183 Å². The predicted octanol–water partition coefficient (Wildman–Crippen LogP) is 5.17. The van der Waals surface area contributed by atoms with Gasteiger partial charge in [0.15, 0.2) is 5.17 Å². The highest BCUT2D eigenvalue weighted by Crippen LogP contribution is 2.37. The van der Waals surface area contributed by atoms with E-state index < -0.39 is 5.97 Å². The molecule has 0 unspecified atom stereocenters. The zero-order chi connectivity index (χ0) is 22.0. The molecule has 1 fully saturated rings. The van der Waals surface area contributed by atoms with Gasteiger partial charge in [-0.3, -0.25) is 9.69 Å². The quantitative estimate of drug-likeness (QED) is 0.563. The molecule has 0 atom stereocenters. The van der Waals surface area contributed by atoms with Crippen molar-refractivity contribution in [3.8, 4) is 5.75 Å². The second-order valence-corrected chi connectivity index (χ2v) is 7.87. The summed E-state index contributed by atoms with van der Waals surface area (Å²) in [5.41, 5.74) is 1.47. The number of aliphatic imine (C=N–C) groups is 1. The number of carboxylic acids is 1. The Hall–Kier alpha value is -3.58. The molecule has 0 bridgehead atoms. The number of hydrogen-bond donors (Lipinski definition) is 1. The van der Waals surface area contributed by atoms with Gasteiger partial charge in [-0.1, -0.05) is 36.4 Å². The number of hydrogen-bond acceptors (Lipinski definition) is 5. The van der Waals surface area contributed by atoms with E-state index in [0.717, 1.165) is 16.3 Å². The van der Waals surface area contributed by atoms with Gasteiger partial charge in [0.2, 0.25) is 0 Å². The van der Waals surface area contributed by atoms with Crippen LogP contribution in [-0.4, -0.2) is 40.7 Å². The number of carbonyl (C=O) groups is 2. The number of amides is 1. The molecule has 1 aliphatic rings. The van der Waals surface area contributed by atoms with E-state index in [0.29, 0.717) is 28.1 Å². The van der Waals surface area contributed by atoms with Gasteiger partial charge in [-0.05, 0) is 59.8 Å². The standard InChI is InChI=1S/C24H20N2O4S/c1-3-30-20-12-11-15-7-4-5-10-18(15)19(20)14-21-22(27)26(2)24(31-21)25-17-9-6-8-16(13-17)23(28)29/h4-14H,3H2,1-2H3,(H,28,29)/b21-14-,25-24?. The van der Waals surface area contributed by atoms with Crippen molar-refractivity contribution in [2.75, 3.05) is 13.7 Å². The summed E-state index contributed by atoms with van der Waals surface area (Å²) in [4.78, 5) is 30.6. The number of amidine groups is 1. The van der Waals surface area contributed by atoms with Gasteiger partial charge >= 0.3 is 5.97 Å². The number of ether oxygens (including phenoxy) is 1. The maximum Gasteiger partial charge on any atom is 0.335 e. The fourth-order valence-electron chi connectivity index (χ4n) is 3.31. The van der Waals surface area contributed by atoms with Crippen LogP contribution in [0.15, 0.2) is 70.6 Å². The lowest BCUT2D eigenvalue weighted by molar-refractivity contribution is -0.121. The molecular weight excluding hydrogens is 412 g/mol. The summed E-state index contributed by atoms with van der Waals surface area (Å²) >= 11 is 1.25. The summed E-state index contributed by atoms with van der Waals surface area (Å²) in [7, 11) is 1.66. The summed E-state index contributed by atoms with van der Waals surface area (Å²) in [5, 5.41) is 11.7. The van der Waals surface area contributed by atoms with Gasteiger partial charge in [0.05, 0.1) is 22.8 Å². The van der Waals surface area contributed by atoms with Gasteiger partial charge in [0, 0.05) is 12.6 Å². The van der Waals surface area contributed by atoms with Crippen molar-refractivity contribution in [2.24, 2.45) is 4.99 Å². The monoisotopic (exact) mass is 432 g/mol. The molecule has 6 nitrogen and oxygen atoms in total. The van der Waals surface area contributed by atoms with Crippen LogP contribution in [0.1, 0.15) is 22.8 Å². The number of aromatic carboxylic acids is 1. The zero-order valence-electron chi connectivity index (χ0n) is 17.0. The first-order valence-electron chi connectivity index (χ1n) is 9.72. The lowest BCUT2D eigenvalue weighted by Crippen LogP contribution is -2.23. The minimum atomic E-state index is -1.02. The smallest absolute Gasteiger partial charge is 0.335 e. The average molecular weight is 433 g/mol. The van der Waals surface area contributed by atoms with Crippen LogP contribution in [0.5, 0.6) is 5.75 Å². The largest absolute Gasteiger partial charge is 0.493 e. The third-order valence-electron chi connectivity index (χ3n) is 4.83. The maximum absolute atomic E-state index is 12.9. The molecule has 0 spiro atoms. The van der Waals surface area contributed by atoms with Crippen LogP contribution in [0.25, 0.3) is 16.8 Å². The number of likely N-dealkylation sites (N-methyl/N-ethyl adjacent to an activating group) is 1. The van der Waals surface area contributed by atoms with Gasteiger partial charge < -0.3 is 9.84 Å². The van der Waals surface area contributed by atoms with Crippen molar-refractivity contribution >= 4 is 51.3 Å². The molecule has 156 valence electrons. The van der Waals surface area contributed by atoms with E-state index in [-0.39, 0.29) is 11.5 Å². The molecule has 0 aliphatic carbocycles. The molecule has 3 aromatic carbocycles. The molecule has 1 saturated heterocycles. The number of nitrogens with zero attached hydrogens (tertiary/aromatic N) is 2. The van der Waals surface area contributed by atoms with Crippen molar-refractivity contribution in [3.05, 3.63) is 76.7 Å². The van der Waals surface area contributed by atoms with Crippen molar-refractivity contribution in [1.82, 2.24) is 4.90 Å². The number of rotatable bonds is 5. The van der Waals surface area contributed by atoms with E-state index in [2.05, 4.69) is 4.99 Å². The molecule has 7 heteroatoms. The van der Waals surface area contributed by atoms with Crippen LogP contribution in [0.2, 0.25) is 0 Å². The number of carboxylic acid groups (broad SMARTS) is 1. The van der Waals surface area contributed by atoms with Crippen LogP contribution in [0.4, 0.5) is 5.69 Å². The normalized spacial score (nSPS) is 16.5. The Morgan fingerprint density at radius 2 is 1.97 bits per heavy atom. The molecule has 0 aromatic heterocycles. The molecule has 1 N–H and O–H groups in total. The molecular formula is C24H20N2O4S.